The highest BCUT2D eigenvalue weighted by atomic mass is 16.2. The van der Waals surface area contributed by atoms with E-state index < -0.39 is 6.04 Å². The lowest BCUT2D eigenvalue weighted by molar-refractivity contribution is -0.136. The fourth-order valence-corrected chi connectivity index (χ4v) is 5.62. The molecule has 3 fully saturated rings. The molecule has 1 aromatic carbocycles. The number of piperidine rings is 3. The van der Waals surface area contributed by atoms with Crippen LogP contribution in [-0.2, 0) is 16.1 Å². The number of carbonyl (C=O) groups is 3. The molecular formula is C23H30N4O3. The van der Waals surface area contributed by atoms with Crippen LogP contribution in [0.5, 0.6) is 0 Å². The van der Waals surface area contributed by atoms with Gasteiger partial charge >= 0.3 is 0 Å². The van der Waals surface area contributed by atoms with Gasteiger partial charge in [-0.15, -0.1) is 0 Å². The average Bonchev–Trinajstić information content (AvgIpc) is 3.10. The number of nitrogens with zero attached hydrogens (tertiary/aromatic N) is 2. The van der Waals surface area contributed by atoms with Crippen LogP contribution in [0.4, 0.5) is 0 Å². The number of likely N-dealkylation sites (tertiary alicyclic amines) is 1. The number of imide groups is 1. The highest BCUT2D eigenvalue weighted by Crippen LogP contribution is 2.34. The van der Waals surface area contributed by atoms with Gasteiger partial charge < -0.3 is 15.1 Å². The van der Waals surface area contributed by atoms with Crippen LogP contribution in [0.1, 0.15) is 65.9 Å². The maximum Gasteiger partial charge on any atom is 0.255 e. The molecular weight excluding hydrogens is 380 g/mol. The zero-order chi connectivity index (χ0) is 20.7. The van der Waals surface area contributed by atoms with E-state index >= 15 is 0 Å². The molecule has 4 aliphatic heterocycles. The Morgan fingerprint density at radius 1 is 0.933 bits per heavy atom. The number of fused-ring (bicyclic) bond motifs is 1. The van der Waals surface area contributed by atoms with Crippen LogP contribution in [0.15, 0.2) is 18.2 Å². The Hall–Kier alpha value is -2.25. The molecule has 1 unspecified atom stereocenters. The summed E-state index contributed by atoms with van der Waals surface area (Å²) < 4.78 is 0. The standard InChI is InChI=1S/C23H30N4O3/c28-21-4-3-20(22(29)25-21)27-14-17-13-16(1-2-19(17)23(27)30)15-7-11-26(12-8-15)18-5-9-24-10-6-18/h1-2,13,15,18,20,24H,3-12,14H2,(H,25,28,29). The maximum absolute atomic E-state index is 12.9. The average molecular weight is 411 g/mol. The summed E-state index contributed by atoms with van der Waals surface area (Å²) in [6.45, 7) is 5.02. The fraction of sp³-hybridized carbons (Fsp3) is 0.609. The number of amides is 3. The first-order valence-electron chi connectivity index (χ1n) is 11.3. The number of hydrogen-bond donors (Lipinski definition) is 2. The van der Waals surface area contributed by atoms with Crippen molar-refractivity contribution in [1.82, 2.24) is 20.4 Å². The van der Waals surface area contributed by atoms with Crippen molar-refractivity contribution >= 4 is 17.7 Å². The summed E-state index contributed by atoms with van der Waals surface area (Å²) in [5.41, 5.74) is 3.04. The van der Waals surface area contributed by atoms with E-state index in [1.54, 1.807) is 4.90 Å². The zero-order valence-electron chi connectivity index (χ0n) is 17.4. The second-order valence-corrected chi connectivity index (χ2v) is 9.11. The van der Waals surface area contributed by atoms with E-state index in [0.29, 0.717) is 24.4 Å². The van der Waals surface area contributed by atoms with Gasteiger partial charge in [-0.2, -0.15) is 0 Å². The Labute approximate surface area is 177 Å². The van der Waals surface area contributed by atoms with Gasteiger partial charge in [0, 0.05) is 24.6 Å². The summed E-state index contributed by atoms with van der Waals surface area (Å²) in [6.07, 6.45) is 5.52. The van der Waals surface area contributed by atoms with Crippen LogP contribution >= 0.6 is 0 Å². The monoisotopic (exact) mass is 410 g/mol. The Bertz CT molecular complexity index is 856. The van der Waals surface area contributed by atoms with Crippen LogP contribution < -0.4 is 10.6 Å². The SMILES string of the molecule is O=C1CCC(N2Cc3cc(C4CCN(C5CCNCC5)CC4)ccc3C2=O)C(=O)N1. The van der Waals surface area contributed by atoms with Crippen molar-refractivity contribution in [2.24, 2.45) is 0 Å². The number of rotatable bonds is 3. The van der Waals surface area contributed by atoms with E-state index in [2.05, 4.69) is 27.7 Å². The molecule has 3 amide bonds. The Morgan fingerprint density at radius 2 is 1.70 bits per heavy atom. The summed E-state index contributed by atoms with van der Waals surface area (Å²) in [5.74, 6) is -0.156. The van der Waals surface area contributed by atoms with Crippen LogP contribution in [0.25, 0.3) is 0 Å². The molecule has 0 aliphatic carbocycles. The molecule has 3 saturated heterocycles. The normalized spacial score (nSPS) is 26.7. The second kappa shape index (κ2) is 8.12. The molecule has 2 N–H and O–H groups in total. The highest BCUT2D eigenvalue weighted by molar-refractivity contribution is 6.05. The van der Waals surface area contributed by atoms with Gasteiger partial charge in [-0.05, 0) is 81.4 Å². The molecule has 160 valence electrons. The molecule has 0 aromatic heterocycles. The Morgan fingerprint density at radius 3 is 2.43 bits per heavy atom. The Balaban J connectivity index is 1.25. The molecule has 5 rings (SSSR count). The zero-order valence-corrected chi connectivity index (χ0v) is 17.4. The van der Waals surface area contributed by atoms with Crippen molar-refractivity contribution in [3.05, 3.63) is 34.9 Å². The van der Waals surface area contributed by atoms with Gasteiger partial charge in [-0.1, -0.05) is 12.1 Å². The summed E-state index contributed by atoms with van der Waals surface area (Å²) >= 11 is 0. The molecule has 30 heavy (non-hydrogen) atoms. The van der Waals surface area contributed by atoms with Gasteiger partial charge in [0.2, 0.25) is 11.8 Å². The number of carbonyl (C=O) groups excluding carboxylic acids is 3. The van der Waals surface area contributed by atoms with Crippen molar-refractivity contribution in [2.75, 3.05) is 26.2 Å². The summed E-state index contributed by atoms with van der Waals surface area (Å²) in [4.78, 5) is 40.8. The van der Waals surface area contributed by atoms with Gasteiger partial charge in [0.05, 0.1) is 0 Å². The first-order valence-corrected chi connectivity index (χ1v) is 11.3. The van der Waals surface area contributed by atoms with Gasteiger partial charge in [0.1, 0.15) is 6.04 Å². The van der Waals surface area contributed by atoms with E-state index in [1.165, 1.54) is 18.4 Å². The van der Waals surface area contributed by atoms with Gasteiger partial charge in [0.15, 0.2) is 0 Å². The number of nitrogens with one attached hydrogen (secondary N) is 2. The maximum atomic E-state index is 12.9. The predicted molar refractivity (Wildman–Crippen MR) is 112 cm³/mol. The fourth-order valence-electron chi connectivity index (χ4n) is 5.62. The van der Waals surface area contributed by atoms with E-state index in [0.717, 1.165) is 50.6 Å². The minimum Gasteiger partial charge on any atom is -0.322 e. The molecule has 1 atom stereocenters. The summed E-state index contributed by atoms with van der Waals surface area (Å²) in [7, 11) is 0. The molecule has 0 saturated carbocycles. The second-order valence-electron chi connectivity index (χ2n) is 9.11. The van der Waals surface area contributed by atoms with Crippen molar-refractivity contribution in [2.45, 2.75) is 63.1 Å². The molecule has 0 radical (unpaired) electrons. The lowest BCUT2D eigenvalue weighted by Crippen LogP contribution is -2.52. The molecule has 7 nitrogen and oxygen atoms in total. The third kappa shape index (κ3) is 3.65. The third-order valence-corrected chi connectivity index (χ3v) is 7.37. The third-order valence-electron chi connectivity index (χ3n) is 7.37. The van der Waals surface area contributed by atoms with E-state index in [9.17, 15) is 14.4 Å². The highest BCUT2D eigenvalue weighted by Gasteiger charge is 2.39. The Kier molecular flexibility index (Phi) is 5.33. The largest absolute Gasteiger partial charge is 0.322 e. The van der Waals surface area contributed by atoms with E-state index in [-0.39, 0.29) is 24.1 Å². The molecule has 7 heteroatoms. The van der Waals surface area contributed by atoms with Crippen molar-refractivity contribution in [1.29, 1.82) is 0 Å². The van der Waals surface area contributed by atoms with Gasteiger partial charge in [-0.25, -0.2) is 0 Å². The van der Waals surface area contributed by atoms with Crippen molar-refractivity contribution < 1.29 is 14.4 Å². The van der Waals surface area contributed by atoms with E-state index in [4.69, 9.17) is 0 Å². The first kappa shape index (κ1) is 19.7. The summed E-state index contributed by atoms with van der Waals surface area (Å²) in [5, 5.41) is 5.82. The van der Waals surface area contributed by atoms with Crippen molar-refractivity contribution in [3.63, 3.8) is 0 Å². The van der Waals surface area contributed by atoms with Crippen LogP contribution in [0, 0.1) is 0 Å². The topological polar surface area (TPSA) is 81.8 Å². The molecule has 1 aromatic rings. The number of benzene rings is 1. The quantitative estimate of drug-likeness (QED) is 0.736. The lowest BCUT2D eigenvalue weighted by atomic mass is 9.87. The smallest absolute Gasteiger partial charge is 0.255 e. The molecule has 0 bridgehead atoms. The van der Waals surface area contributed by atoms with Crippen LogP contribution in [0.3, 0.4) is 0 Å². The van der Waals surface area contributed by atoms with Crippen LogP contribution in [-0.4, -0.2) is 65.8 Å². The van der Waals surface area contributed by atoms with Gasteiger partial charge in [0.25, 0.3) is 5.91 Å². The molecule has 4 aliphatic rings. The lowest BCUT2D eigenvalue weighted by Gasteiger charge is -2.39. The minimum absolute atomic E-state index is 0.0909. The predicted octanol–water partition coefficient (Wildman–Crippen LogP) is 1.38. The van der Waals surface area contributed by atoms with Gasteiger partial charge in [-0.3, -0.25) is 19.7 Å². The summed E-state index contributed by atoms with van der Waals surface area (Å²) in [6, 6.07) is 6.42. The molecule has 0 spiro atoms. The van der Waals surface area contributed by atoms with Crippen LogP contribution in [0.2, 0.25) is 0 Å². The van der Waals surface area contributed by atoms with E-state index in [1.807, 2.05) is 6.07 Å². The number of hydrogen-bond acceptors (Lipinski definition) is 5. The first-order chi connectivity index (χ1) is 14.6. The minimum atomic E-state index is -0.542. The molecule has 4 heterocycles. The van der Waals surface area contributed by atoms with Crippen molar-refractivity contribution in [3.8, 4) is 0 Å².